The van der Waals surface area contributed by atoms with E-state index in [2.05, 4.69) is 27.1 Å². The van der Waals surface area contributed by atoms with Gasteiger partial charge in [-0.05, 0) is 25.0 Å². The summed E-state index contributed by atoms with van der Waals surface area (Å²) in [4.78, 5) is 22.3. The van der Waals surface area contributed by atoms with E-state index in [1.165, 1.54) is 0 Å². The van der Waals surface area contributed by atoms with Crippen molar-refractivity contribution in [1.82, 2.24) is 9.97 Å². The second kappa shape index (κ2) is 11.1. The van der Waals surface area contributed by atoms with Crippen LogP contribution in [0.3, 0.4) is 0 Å². The zero-order valence-corrected chi connectivity index (χ0v) is 18.9. The van der Waals surface area contributed by atoms with Crippen LogP contribution in [0.2, 0.25) is 0 Å². The first-order valence-electron chi connectivity index (χ1n) is 10.9. The first kappa shape index (κ1) is 23.7. The molecule has 174 valence electrons. The maximum Gasteiger partial charge on any atom is 0.316 e. The molecule has 1 aromatic carbocycles. The summed E-state index contributed by atoms with van der Waals surface area (Å²) in [6.07, 6.45) is 4.13. The number of anilines is 2. The molecule has 32 heavy (non-hydrogen) atoms. The summed E-state index contributed by atoms with van der Waals surface area (Å²) in [6, 6.07) is 8.26. The van der Waals surface area contributed by atoms with Crippen molar-refractivity contribution in [1.29, 1.82) is 0 Å². The van der Waals surface area contributed by atoms with Gasteiger partial charge in [0, 0.05) is 25.3 Å². The number of aliphatic carboxylic acids is 1. The molecule has 0 bridgehead atoms. The highest BCUT2D eigenvalue weighted by Gasteiger charge is 2.40. The van der Waals surface area contributed by atoms with Crippen LogP contribution in [0, 0.1) is 0 Å². The van der Waals surface area contributed by atoms with Gasteiger partial charge in [-0.15, -0.1) is 0 Å². The van der Waals surface area contributed by atoms with Crippen LogP contribution in [0.5, 0.6) is 6.01 Å². The molecule has 3 rings (SSSR count). The van der Waals surface area contributed by atoms with Gasteiger partial charge in [0.15, 0.2) is 0 Å². The molecule has 0 radical (unpaired) electrons. The Morgan fingerprint density at radius 3 is 2.72 bits per heavy atom. The highest BCUT2D eigenvalue weighted by molar-refractivity contribution is 5.70. The lowest BCUT2D eigenvalue weighted by atomic mass is 9.92. The lowest BCUT2D eigenvalue weighted by molar-refractivity contribution is -0.137. The Bertz CT molecular complexity index is 879. The molecule has 1 saturated heterocycles. The SMILES string of the molecule is CCOc1ncc(NC2(CC)COCCN2c2ccccc2[C@@H](COC)CC(=O)O)cn1. The molecule has 2 heterocycles. The quantitative estimate of drug-likeness (QED) is 0.540. The van der Waals surface area contributed by atoms with Crippen molar-refractivity contribution in [2.45, 2.75) is 38.3 Å². The number of rotatable bonds is 11. The minimum Gasteiger partial charge on any atom is -0.481 e. The Labute approximate surface area is 188 Å². The Kier molecular flexibility index (Phi) is 8.24. The van der Waals surface area contributed by atoms with Gasteiger partial charge in [-0.1, -0.05) is 25.1 Å². The average Bonchev–Trinajstić information content (AvgIpc) is 2.80. The molecular formula is C23H32N4O5. The summed E-state index contributed by atoms with van der Waals surface area (Å²) >= 11 is 0. The molecular weight excluding hydrogens is 412 g/mol. The molecule has 1 aliphatic rings. The summed E-state index contributed by atoms with van der Waals surface area (Å²) in [6.45, 7) is 6.50. The molecule has 2 N–H and O–H groups in total. The molecule has 1 aliphatic heterocycles. The predicted molar refractivity (Wildman–Crippen MR) is 121 cm³/mol. The molecule has 9 nitrogen and oxygen atoms in total. The Hall–Kier alpha value is -2.91. The van der Waals surface area contributed by atoms with Gasteiger partial charge in [-0.2, -0.15) is 0 Å². The lowest BCUT2D eigenvalue weighted by Gasteiger charge is -2.49. The van der Waals surface area contributed by atoms with E-state index in [4.69, 9.17) is 14.2 Å². The van der Waals surface area contributed by atoms with E-state index in [1.807, 2.05) is 31.2 Å². The van der Waals surface area contributed by atoms with Crippen LogP contribution in [0.1, 0.15) is 38.2 Å². The van der Waals surface area contributed by atoms with E-state index in [9.17, 15) is 9.90 Å². The maximum absolute atomic E-state index is 11.5. The van der Waals surface area contributed by atoms with Crippen molar-refractivity contribution in [3.8, 4) is 6.01 Å². The Balaban J connectivity index is 1.96. The van der Waals surface area contributed by atoms with Crippen molar-refractivity contribution >= 4 is 17.3 Å². The monoisotopic (exact) mass is 444 g/mol. The minimum atomic E-state index is -0.852. The van der Waals surface area contributed by atoms with Crippen LogP contribution < -0.4 is 15.0 Å². The predicted octanol–water partition coefficient (Wildman–Crippen LogP) is 3.14. The van der Waals surface area contributed by atoms with Crippen LogP contribution in [-0.2, 0) is 14.3 Å². The fourth-order valence-electron chi connectivity index (χ4n) is 4.13. The van der Waals surface area contributed by atoms with Gasteiger partial charge < -0.3 is 29.5 Å². The van der Waals surface area contributed by atoms with E-state index in [1.54, 1.807) is 19.5 Å². The molecule has 0 spiro atoms. The van der Waals surface area contributed by atoms with Crippen LogP contribution in [0.4, 0.5) is 11.4 Å². The highest BCUT2D eigenvalue weighted by atomic mass is 16.5. The summed E-state index contributed by atoms with van der Waals surface area (Å²) in [5, 5.41) is 13.0. The average molecular weight is 445 g/mol. The van der Waals surface area contributed by atoms with E-state index in [-0.39, 0.29) is 12.3 Å². The smallest absolute Gasteiger partial charge is 0.316 e. The number of morpholine rings is 1. The second-order valence-electron chi connectivity index (χ2n) is 7.71. The van der Waals surface area contributed by atoms with Gasteiger partial charge in [0.2, 0.25) is 0 Å². The van der Waals surface area contributed by atoms with Crippen LogP contribution in [0.25, 0.3) is 0 Å². The molecule has 1 unspecified atom stereocenters. The highest BCUT2D eigenvalue weighted by Crippen LogP contribution is 2.37. The van der Waals surface area contributed by atoms with Crippen molar-refractivity contribution in [3.05, 3.63) is 42.2 Å². The van der Waals surface area contributed by atoms with Gasteiger partial charge in [0.25, 0.3) is 0 Å². The molecule has 0 aliphatic carbocycles. The number of carbonyl (C=O) groups is 1. The molecule has 9 heteroatoms. The molecule has 2 atom stereocenters. The van der Waals surface area contributed by atoms with Crippen LogP contribution in [0.15, 0.2) is 36.7 Å². The van der Waals surface area contributed by atoms with E-state index in [0.29, 0.717) is 39.0 Å². The number of carboxylic acids is 1. The van der Waals surface area contributed by atoms with Gasteiger partial charge in [-0.25, -0.2) is 9.97 Å². The lowest BCUT2D eigenvalue weighted by Crippen LogP contribution is -2.62. The minimum absolute atomic E-state index is 0.00548. The van der Waals surface area contributed by atoms with Gasteiger partial charge >= 0.3 is 12.0 Å². The standard InChI is InChI=1S/C23H32N4O5/c1-4-23(26-18-13-24-22(25-14-18)32-5-2)16-31-11-10-27(23)20-9-7-6-8-19(20)17(15-30-3)12-21(28)29/h6-9,13-14,17,26H,4-5,10-12,15-16H2,1-3H3,(H,28,29)/t17-,23?/m1/s1. The number of nitrogens with zero attached hydrogens (tertiary/aromatic N) is 3. The van der Waals surface area contributed by atoms with Crippen molar-refractivity contribution in [3.63, 3.8) is 0 Å². The first-order chi connectivity index (χ1) is 15.5. The Morgan fingerprint density at radius 2 is 2.06 bits per heavy atom. The zero-order valence-electron chi connectivity index (χ0n) is 18.9. The topological polar surface area (TPSA) is 106 Å². The van der Waals surface area contributed by atoms with Gasteiger partial charge in [0.05, 0.1) is 50.9 Å². The van der Waals surface area contributed by atoms with E-state index >= 15 is 0 Å². The van der Waals surface area contributed by atoms with E-state index in [0.717, 1.165) is 23.4 Å². The fraction of sp³-hybridized carbons (Fsp3) is 0.522. The van der Waals surface area contributed by atoms with Crippen LogP contribution >= 0.6 is 0 Å². The third-order valence-corrected chi connectivity index (χ3v) is 5.64. The first-order valence-corrected chi connectivity index (χ1v) is 10.9. The normalized spacial score (nSPS) is 19.4. The summed E-state index contributed by atoms with van der Waals surface area (Å²) in [5.41, 5.74) is 2.12. The number of hydrogen-bond acceptors (Lipinski definition) is 8. The second-order valence-corrected chi connectivity index (χ2v) is 7.71. The van der Waals surface area contributed by atoms with Gasteiger partial charge in [0.1, 0.15) is 5.66 Å². The molecule has 1 aromatic heterocycles. The maximum atomic E-state index is 11.5. The molecule has 0 saturated carbocycles. The molecule has 1 fully saturated rings. The number of ether oxygens (including phenoxy) is 3. The third kappa shape index (κ3) is 5.46. The fourth-order valence-corrected chi connectivity index (χ4v) is 4.13. The third-order valence-electron chi connectivity index (χ3n) is 5.64. The number of aromatic nitrogens is 2. The number of hydrogen-bond donors (Lipinski definition) is 2. The van der Waals surface area contributed by atoms with Crippen LogP contribution in [-0.4, -0.2) is 66.8 Å². The van der Waals surface area contributed by atoms with Gasteiger partial charge in [-0.3, -0.25) is 4.79 Å². The molecule has 0 amide bonds. The van der Waals surface area contributed by atoms with Crippen molar-refractivity contribution in [2.75, 3.05) is 50.3 Å². The summed E-state index contributed by atoms with van der Waals surface area (Å²) in [7, 11) is 1.59. The summed E-state index contributed by atoms with van der Waals surface area (Å²) < 4.78 is 16.6. The number of carboxylic acid groups (broad SMARTS) is 1. The number of methoxy groups -OCH3 is 1. The van der Waals surface area contributed by atoms with E-state index < -0.39 is 11.6 Å². The summed E-state index contributed by atoms with van der Waals surface area (Å²) in [5.74, 6) is -1.12. The van der Waals surface area contributed by atoms with Crippen molar-refractivity contribution < 1.29 is 24.1 Å². The largest absolute Gasteiger partial charge is 0.481 e. The Morgan fingerprint density at radius 1 is 1.31 bits per heavy atom. The zero-order chi connectivity index (χ0) is 23.0. The van der Waals surface area contributed by atoms with Crippen molar-refractivity contribution in [2.24, 2.45) is 0 Å². The number of para-hydroxylation sites is 1. The number of benzene rings is 1. The number of nitrogens with one attached hydrogen (secondary N) is 1. The molecule has 2 aromatic rings.